The molecule has 1 aliphatic rings. The number of ketones is 1. The Kier molecular flexibility index (Phi) is 3.33. The van der Waals surface area contributed by atoms with Gasteiger partial charge in [-0.3, -0.25) is 4.79 Å². The van der Waals surface area contributed by atoms with E-state index >= 15 is 0 Å². The van der Waals surface area contributed by atoms with E-state index in [0.717, 1.165) is 31.6 Å². The van der Waals surface area contributed by atoms with Crippen LogP contribution in [-0.4, -0.2) is 26.6 Å². The maximum absolute atomic E-state index is 12.0. The number of aromatic nitrogens is 3. The van der Waals surface area contributed by atoms with Gasteiger partial charge in [-0.1, -0.05) is 6.42 Å². The molecule has 0 aliphatic heterocycles. The number of hydrogen-bond acceptors (Lipinski definition) is 4. The smallest absolute Gasteiger partial charge is 0.145 e. The molecule has 0 radical (unpaired) electrons. The topological polar surface area (TPSA) is 73.8 Å². The number of rotatable bonds is 4. The van der Waals surface area contributed by atoms with E-state index in [1.165, 1.54) is 6.33 Å². The average Bonchev–Trinajstić information content (AvgIpc) is 2.86. The molecule has 1 aromatic rings. The van der Waals surface area contributed by atoms with Crippen molar-refractivity contribution in [3.8, 4) is 0 Å². The van der Waals surface area contributed by atoms with Crippen LogP contribution in [0.5, 0.6) is 0 Å². The maximum Gasteiger partial charge on any atom is 0.145 e. The maximum atomic E-state index is 12.0. The fourth-order valence-corrected chi connectivity index (χ4v) is 2.36. The molecule has 1 aliphatic carbocycles. The third-order valence-corrected chi connectivity index (χ3v) is 3.31. The van der Waals surface area contributed by atoms with Gasteiger partial charge in [-0.05, 0) is 19.8 Å². The Morgan fingerprint density at radius 2 is 2.44 bits per heavy atom. The second-order valence-electron chi connectivity index (χ2n) is 4.34. The van der Waals surface area contributed by atoms with Gasteiger partial charge in [-0.25, -0.2) is 9.67 Å². The fourth-order valence-electron chi connectivity index (χ4n) is 2.36. The van der Waals surface area contributed by atoms with Crippen LogP contribution < -0.4 is 5.73 Å². The van der Waals surface area contributed by atoms with E-state index in [-0.39, 0.29) is 17.7 Å². The summed E-state index contributed by atoms with van der Waals surface area (Å²) in [5, 5.41) is 4.06. The van der Waals surface area contributed by atoms with Gasteiger partial charge in [-0.2, -0.15) is 5.10 Å². The molecule has 2 rings (SSSR count). The Morgan fingerprint density at radius 3 is 3.06 bits per heavy atom. The van der Waals surface area contributed by atoms with Crippen molar-refractivity contribution in [2.24, 2.45) is 11.7 Å². The molecule has 0 aromatic carbocycles. The van der Waals surface area contributed by atoms with Crippen molar-refractivity contribution in [3.05, 3.63) is 12.2 Å². The van der Waals surface area contributed by atoms with Gasteiger partial charge in [0.15, 0.2) is 0 Å². The molecular formula is C11H18N4O. The molecule has 5 nitrogen and oxygen atoms in total. The summed E-state index contributed by atoms with van der Waals surface area (Å²) in [6, 6.07) is 0.0468. The minimum atomic E-state index is 0.0296. The van der Waals surface area contributed by atoms with Gasteiger partial charge in [0.1, 0.15) is 17.9 Å². The van der Waals surface area contributed by atoms with Gasteiger partial charge < -0.3 is 5.73 Å². The molecule has 16 heavy (non-hydrogen) atoms. The van der Waals surface area contributed by atoms with Crippen molar-refractivity contribution in [2.75, 3.05) is 0 Å². The summed E-state index contributed by atoms with van der Waals surface area (Å²) in [5.41, 5.74) is 5.92. The monoisotopic (exact) mass is 222 g/mol. The lowest BCUT2D eigenvalue weighted by Crippen LogP contribution is -2.32. The van der Waals surface area contributed by atoms with E-state index in [1.807, 2.05) is 6.92 Å². The summed E-state index contributed by atoms with van der Waals surface area (Å²) in [6.07, 6.45) is 4.84. The Balaban J connectivity index is 2.02. The SMILES string of the molecule is CCn1ncnc1CC(=O)C1CCCC1N. The predicted octanol–water partition coefficient (Wildman–Crippen LogP) is 0.537. The zero-order chi connectivity index (χ0) is 11.5. The Labute approximate surface area is 95.0 Å². The lowest BCUT2D eigenvalue weighted by Gasteiger charge is -2.13. The van der Waals surface area contributed by atoms with Crippen molar-refractivity contribution in [2.45, 2.75) is 45.2 Å². The van der Waals surface area contributed by atoms with Crippen molar-refractivity contribution < 1.29 is 4.79 Å². The van der Waals surface area contributed by atoms with Crippen LogP contribution in [-0.2, 0) is 17.8 Å². The van der Waals surface area contributed by atoms with Crippen LogP contribution >= 0.6 is 0 Å². The molecule has 2 N–H and O–H groups in total. The van der Waals surface area contributed by atoms with Crippen LogP contribution in [0.15, 0.2) is 6.33 Å². The van der Waals surface area contributed by atoms with Gasteiger partial charge in [0.25, 0.3) is 0 Å². The fraction of sp³-hybridized carbons (Fsp3) is 0.727. The molecule has 88 valence electrons. The van der Waals surface area contributed by atoms with Crippen molar-refractivity contribution in [3.63, 3.8) is 0 Å². The molecule has 2 atom stereocenters. The molecule has 0 amide bonds. The van der Waals surface area contributed by atoms with Crippen LogP contribution in [0.25, 0.3) is 0 Å². The number of carbonyl (C=O) groups is 1. The standard InChI is InChI=1S/C11H18N4O/c1-2-15-11(13-7-14-15)6-10(16)8-4-3-5-9(8)12/h7-9H,2-6,12H2,1H3. The second-order valence-corrected chi connectivity index (χ2v) is 4.34. The zero-order valence-electron chi connectivity index (χ0n) is 9.59. The van der Waals surface area contributed by atoms with Gasteiger partial charge in [0, 0.05) is 18.5 Å². The lowest BCUT2D eigenvalue weighted by molar-refractivity contribution is -0.122. The molecule has 1 heterocycles. The van der Waals surface area contributed by atoms with Crippen molar-refractivity contribution in [1.82, 2.24) is 14.8 Å². The number of hydrogen-bond donors (Lipinski definition) is 1. The number of nitrogens with zero attached hydrogens (tertiary/aromatic N) is 3. The molecular weight excluding hydrogens is 204 g/mol. The first-order valence-corrected chi connectivity index (χ1v) is 5.87. The van der Waals surface area contributed by atoms with Crippen LogP contribution in [0.4, 0.5) is 0 Å². The van der Waals surface area contributed by atoms with Crippen LogP contribution in [0.2, 0.25) is 0 Å². The van der Waals surface area contributed by atoms with E-state index in [9.17, 15) is 4.79 Å². The zero-order valence-corrected chi connectivity index (χ0v) is 9.59. The first-order valence-electron chi connectivity index (χ1n) is 5.87. The summed E-state index contributed by atoms with van der Waals surface area (Å²) >= 11 is 0. The van der Waals surface area contributed by atoms with Gasteiger partial charge in [-0.15, -0.1) is 0 Å². The normalized spacial score (nSPS) is 24.9. The molecule has 1 fully saturated rings. The van der Waals surface area contributed by atoms with E-state index < -0.39 is 0 Å². The number of Topliss-reactive ketones (excluding diaryl/α,β-unsaturated/α-hetero) is 1. The van der Waals surface area contributed by atoms with Crippen LogP contribution in [0.1, 0.15) is 32.0 Å². The summed E-state index contributed by atoms with van der Waals surface area (Å²) in [6.45, 7) is 2.74. The van der Waals surface area contributed by atoms with Gasteiger partial charge >= 0.3 is 0 Å². The first kappa shape index (κ1) is 11.3. The Bertz CT molecular complexity index is 374. The molecule has 5 heteroatoms. The quantitative estimate of drug-likeness (QED) is 0.806. The number of carbonyl (C=O) groups excluding carboxylic acids is 1. The highest BCUT2D eigenvalue weighted by Crippen LogP contribution is 2.25. The highest BCUT2D eigenvalue weighted by Gasteiger charge is 2.30. The van der Waals surface area contributed by atoms with E-state index in [2.05, 4.69) is 10.1 Å². The third-order valence-electron chi connectivity index (χ3n) is 3.31. The average molecular weight is 222 g/mol. The van der Waals surface area contributed by atoms with E-state index in [1.54, 1.807) is 4.68 Å². The summed E-state index contributed by atoms with van der Waals surface area (Å²) < 4.78 is 1.76. The molecule has 1 saturated carbocycles. The van der Waals surface area contributed by atoms with Crippen molar-refractivity contribution in [1.29, 1.82) is 0 Å². The minimum Gasteiger partial charge on any atom is -0.327 e. The Morgan fingerprint density at radius 1 is 1.62 bits per heavy atom. The van der Waals surface area contributed by atoms with E-state index in [0.29, 0.717) is 6.42 Å². The summed E-state index contributed by atoms with van der Waals surface area (Å²) in [5.74, 6) is 1.00. The Hall–Kier alpha value is -1.23. The minimum absolute atomic E-state index is 0.0296. The summed E-state index contributed by atoms with van der Waals surface area (Å²) in [7, 11) is 0. The first-order chi connectivity index (χ1) is 7.72. The number of aryl methyl sites for hydroxylation is 1. The van der Waals surface area contributed by atoms with Crippen molar-refractivity contribution >= 4 is 5.78 Å². The molecule has 0 saturated heterocycles. The highest BCUT2D eigenvalue weighted by atomic mass is 16.1. The molecule has 0 bridgehead atoms. The van der Waals surface area contributed by atoms with Crippen LogP contribution in [0, 0.1) is 5.92 Å². The highest BCUT2D eigenvalue weighted by molar-refractivity contribution is 5.83. The van der Waals surface area contributed by atoms with Crippen LogP contribution in [0.3, 0.4) is 0 Å². The third kappa shape index (κ3) is 2.14. The largest absolute Gasteiger partial charge is 0.327 e. The lowest BCUT2D eigenvalue weighted by atomic mass is 9.96. The predicted molar refractivity (Wildman–Crippen MR) is 59.7 cm³/mol. The number of nitrogens with two attached hydrogens (primary N) is 1. The van der Waals surface area contributed by atoms with E-state index in [4.69, 9.17) is 5.73 Å². The summed E-state index contributed by atoms with van der Waals surface area (Å²) in [4.78, 5) is 16.1. The molecule has 2 unspecified atom stereocenters. The van der Waals surface area contributed by atoms with Gasteiger partial charge in [0.05, 0.1) is 6.42 Å². The van der Waals surface area contributed by atoms with Gasteiger partial charge in [0.2, 0.25) is 0 Å². The molecule has 1 aromatic heterocycles. The molecule has 0 spiro atoms. The second kappa shape index (κ2) is 4.74.